The summed E-state index contributed by atoms with van der Waals surface area (Å²) in [4.78, 5) is 0. The molecule has 0 aromatic carbocycles. The molecule has 1 spiro atoms. The standard InChI is InChI=1S/C15H30N2O3/c1-14(2,18-3)11-13(17-16)12-4-7-20-15(10-12)5-8-19-9-6-15/h12-13,17H,4-11,16H2,1-3H3. The van der Waals surface area contributed by atoms with Gasteiger partial charge in [0.2, 0.25) is 0 Å². The molecule has 2 atom stereocenters. The minimum absolute atomic E-state index is 0.0213. The van der Waals surface area contributed by atoms with Gasteiger partial charge in [0.15, 0.2) is 0 Å². The van der Waals surface area contributed by atoms with Crippen LogP contribution >= 0.6 is 0 Å². The Labute approximate surface area is 122 Å². The molecule has 5 nitrogen and oxygen atoms in total. The van der Waals surface area contributed by atoms with Gasteiger partial charge in [-0.25, -0.2) is 0 Å². The molecule has 2 unspecified atom stereocenters. The smallest absolute Gasteiger partial charge is 0.0729 e. The van der Waals surface area contributed by atoms with Gasteiger partial charge >= 0.3 is 0 Å². The molecule has 118 valence electrons. The number of nitrogens with one attached hydrogen (secondary N) is 1. The normalized spacial score (nSPS) is 28.5. The molecule has 0 aliphatic carbocycles. The van der Waals surface area contributed by atoms with Crippen LogP contribution < -0.4 is 11.3 Å². The Morgan fingerprint density at radius 3 is 2.65 bits per heavy atom. The van der Waals surface area contributed by atoms with Crippen molar-refractivity contribution in [3.63, 3.8) is 0 Å². The fraction of sp³-hybridized carbons (Fsp3) is 1.00. The Morgan fingerprint density at radius 1 is 1.35 bits per heavy atom. The lowest BCUT2D eigenvalue weighted by molar-refractivity contribution is -0.152. The highest BCUT2D eigenvalue weighted by atomic mass is 16.5. The Hall–Kier alpha value is -0.200. The maximum atomic E-state index is 6.11. The maximum Gasteiger partial charge on any atom is 0.0729 e. The molecular formula is C15H30N2O3. The Balaban J connectivity index is 1.98. The highest BCUT2D eigenvalue weighted by molar-refractivity contribution is 4.93. The summed E-state index contributed by atoms with van der Waals surface area (Å²) in [5.41, 5.74) is 2.88. The lowest BCUT2D eigenvalue weighted by Crippen LogP contribution is -2.52. The quantitative estimate of drug-likeness (QED) is 0.594. The lowest BCUT2D eigenvalue weighted by Gasteiger charge is -2.46. The Morgan fingerprint density at radius 2 is 2.05 bits per heavy atom. The summed E-state index contributed by atoms with van der Waals surface area (Å²) in [5.74, 6) is 6.36. The topological polar surface area (TPSA) is 65.7 Å². The molecule has 3 N–H and O–H groups in total. The first-order valence-electron chi connectivity index (χ1n) is 7.73. The van der Waals surface area contributed by atoms with Crippen LogP contribution in [0.4, 0.5) is 0 Å². The van der Waals surface area contributed by atoms with Crippen LogP contribution in [0.5, 0.6) is 0 Å². The summed E-state index contributed by atoms with van der Waals surface area (Å²) < 4.78 is 17.1. The van der Waals surface area contributed by atoms with E-state index in [2.05, 4.69) is 19.3 Å². The monoisotopic (exact) mass is 286 g/mol. The number of hydrogen-bond donors (Lipinski definition) is 2. The molecule has 5 heteroatoms. The van der Waals surface area contributed by atoms with Crippen LogP contribution in [-0.4, -0.2) is 44.2 Å². The second kappa shape index (κ2) is 6.71. The van der Waals surface area contributed by atoms with Crippen molar-refractivity contribution in [2.75, 3.05) is 26.9 Å². The summed E-state index contributed by atoms with van der Waals surface area (Å²) >= 11 is 0. The van der Waals surface area contributed by atoms with E-state index in [-0.39, 0.29) is 17.2 Å². The van der Waals surface area contributed by atoms with E-state index in [1.165, 1.54) is 0 Å². The van der Waals surface area contributed by atoms with Crippen molar-refractivity contribution in [3.05, 3.63) is 0 Å². The molecule has 2 aliphatic rings. The zero-order valence-electron chi connectivity index (χ0n) is 13.1. The van der Waals surface area contributed by atoms with E-state index in [0.29, 0.717) is 5.92 Å². The Kier molecular flexibility index (Phi) is 5.42. The van der Waals surface area contributed by atoms with Gasteiger partial charge < -0.3 is 14.2 Å². The zero-order chi connectivity index (χ0) is 14.6. The number of rotatable bonds is 5. The number of hydrogen-bond acceptors (Lipinski definition) is 5. The molecular weight excluding hydrogens is 256 g/mol. The number of nitrogens with two attached hydrogens (primary N) is 1. The third kappa shape index (κ3) is 3.92. The van der Waals surface area contributed by atoms with Gasteiger partial charge in [0.25, 0.3) is 0 Å². The average molecular weight is 286 g/mol. The Bertz CT molecular complexity index is 298. The van der Waals surface area contributed by atoms with Crippen LogP contribution in [0.3, 0.4) is 0 Å². The zero-order valence-corrected chi connectivity index (χ0v) is 13.1. The average Bonchev–Trinajstić information content (AvgIpc) is 2.46. The largest absolute Gasteiger partial charge is 0.381 e. The van der Waals surface area contributed by atoms with E-state index in [1.807, 2.05) is 0 Å². The maximum absolute atomic E-state index is 6.11. The molecule has 0 aromatic heterocycles. The van der Waals surface area contributed by atoms with Crippen LogP contribution in [0.1, 0.15) is 46.0 Å². The van der Waals surface area contributed by atoms with Crippen LogP contribution in [0.25, 0.3) is 0 Å². The second-order valence-electron chi connectivity index (χ2n) is 6.84. The van der Waals surface area contributed by atoms with E-state index < -0.39 is 0 Å². The van der Waals surface area contributed by atoms with E-state index in [1.54, 1.807) is 7.11 Å². The lowest BCUT2D eigenvalue weighted by atomic mass is 9.76. The summed E-state index contributed by atoms with van der Waals surface area (Å²) in [6.45, 7) is 6.69. The van der Waals surface area contributed by atoms with Crippen LogP contribution in [0, 0.1) is 5.92 Å². The van der Waals surface area contributed by atoms with E-state index in [9.17, 15) is 0 Å². The summed E-state index contributed by atoms with van der Waals surface area (Å²) in [7, 11) is 1.76. The molecule has 0 radical (unpaired) electrons. The fourth-order valence-corrected chi connectivity index (χ4v) is 3.48. The minimum atomic E-state index is -0.155. The van der Waals surface area contributed by atoms with Gasteiger partial charge in [-0.15, -0.1) is 0 Å². The van der Waals surface area contributed by atoms with Crippen molar-refractivity contribution in [1.29, 1.82) is 0 Å². The van der Waals surface area contributed by atoms with Gasteiger partial charge in [-0.3, -0.25) is 11.3 Å². The molecule has 2 fully saturated rings. The van der Waals surface area contributed by atoms with Crippen molar-refractivity contribution in [2.24, 2.45) is 11.8 Å². The molecule has 2 rings (SSSR count). The van der Waals surface area contributed by atoms with Gasteiger partial charge in [0, 0.05) is 33.0 Å². The number of hydrazine groups is 1. The molecule has 0 bridgehead atoms. The van der Waals surface area contributed by atoms with Gasteiger partial charge in [0.1, 0.15) is 0 Å². The number of ether oxygens (including phenoxy) is 3. The van der Waals surface area contributed by atoms with Crippen LogP contribution in [0.15, 0.2) is 0 Å². The van der Waals surface area contributed by atoms with Crippen molar-refractivity contribution >= 4 is 0 Å². The van der Waals surface area contributed by atoms with E-state index >= 15 is 0 Å². The van der Waals surface area contributed by atoms with Crippen molar-refractivity contribution < 1.29 is 14.2 Å². The van der Waals surface area contributed by atoms with E-state index in [4.69, 9.17) is 20.1 Å². The minimum Gasteiger partial charge on any atom is -0.381 e. The third-order valence-electron chi connectivity index (χ3n) is 4.98. The number of methoxy groups -OCH3 is 1. The SMILES string of the molecule is COC(C)(C)CC(NN)C1CCOC2(CCOCC2)C1. The molecule has 20 heavy (non-hydrogen) atoms. The first kappa shape index (κ1) is 16.2. The molecule has 2 heterocycles. The molecule has 2 saturated heterocycles. The fourth-order valence-electron chi connectivity index (χ4n) is 3.48. The highest BCUT2D eigenvalue weighted by Gasteiger charge is 2.42. The van der Waals surface area contributed by atoms with Crippen LogP contribution in [0.2, 0.25) is 0 Å². The second-order valence-corrected chi connectivity index (χ2v) is 6.84. The van der Waals surface area contributed by atoms with E-state index in [0.717, 1.165) is 51.9 Å². The summed E-state index contributed by atoms with van der Waals surface area (Å²) in [5, 5.41) is 0. The molecule has 0 saturated carbocycles. The van der Waals surface area contributed by atoms with Crippen LogP contribution in [-0.2, 0) is 14.2 Å². The third-order valence-corrected chi connectivity index (χ3v) is 4.98. The summed E-state index contributed by atoms with van der Waals surface area (Å²) in [6, 6.07) is 0.272. The van der Waals surface area contributed by atoms with Gasteiger partial charge in [-0.1, -0.05) is 0 Å². The van der Waals surface area contributed by atoms with Gasteiger partial charge in [-0.05, 0) is 51.9 Å². The predicted molar refractivity (Wildman–Crippen MR) is 78.3 cm³/mol. The molecule has 2 aliphatic heterocycles. The van der Waals surface area contributed by atoms with Crippen molar-refractivity contribution in [1.82, 2.24) is 5.43 Å². The molecule has 0 amide bonds. The summed E-state index contributed by atoms with van der Waals surface area (Å²) in [6.07, 6.45) is 5.07. The first-order chi connectivity index (χ1) is 9.50. The predicted octanol–water partition coefficient (Wildman–Crippen LogP) is 1.61. The molecule has 0 aromatic rings. The van der Waals surface area contributed by atoms with Gasteiger partial charge in [0.05, 0.1) is 11.2 Å². The van der Waals surface area contributed by atoms with Crippen molar-refractivity contribution in [2.45, 2.75) is 63.2 Å². The van der Waals surface area contributed by atoms with Gasteiger partial charge in [-0.2, -0.15) is 0 Å². The highest BCUT2D eigenvalue weighted by Crippen LogP contribution is 2.39. The first-order valence-corrected chi connectivity index (χ1v) is 7.73. The van der Waals surface area contributed by atoms with Crippen molar-refractivity contribution in [3.8, 4) is 0 Å².